The Morgan fingerprint density at radius 2 is 1.90 bits per heavy atom. The van der Waals surface area contributed by atoms with Crippen molar-refractivity contribution in [1.82, 2.24) is 9.62 Å². The van der Waals surface area contributed by atoms with Gasteiger partial charge in [-0.3, -0.25) is 4.79 Å². The molecule has 1 aliphatic rings. The van der Waals surface area contributed by atoms with Gasteiger partial charge in [0.2, 0.25) is 15.9 Å². The third kappa shape index (κ3) is 2.73. The second-order valence-electron chi connectivity index (χ2n) is 4.31. The van der Waals surface area contributed by atoms with Crippen molar-refractivity contribution >= 4 is 21.6 Å². The molecule has 2 rings (SSSR count). The fourth-order valence-electron chi connectivity index (χ4n) is 1.87. The maximum atomic E-state index is 13.7. The number of carbonyl (C=O) groups excluding carboxylic acids is 1. The van der Waals surface area contributed by atoms with Gasteiger partial charge in [-0.05, 0) is 6.07 Å². The van der Waals surface area contributed by atoms with Crippen LogP contribution in [0, 0.1) is 11.6 Å². The predicted octanol–water partition coefficient (Wildman–Crippen LogP) is 0.0576. The summed E-state index contributed by atoms with van der Waals surface area (Å²) < 4.78 is 52.3. The van der Waals surface area contributed by atoms with E-state index in [1.807, 2.05) is 0 Å². The topological polar surface area (TPSA) is 92.5 Å². The van der Waals surface area contributed by atoms with E-state index in [-0.39, 0.29) is 32.0 Å². The van der Waals surface area contributed by atoms with Gasteiger partial charge in [0, 0.05) is 32.1 Å². The van der Waals surface area contributed by atoms with Gasteiger partial charge in [-0.1, -0.05) is 0 Å². The van der Waals surface area contributed by atoms with Crippen LogP contribution in [-0.4, -0.2) is 38.3 Å². The first kappa shape index (κ1) is 14.7. The highest BCUT2D eigenvalue weighted by Crippen LogP contribution is 2.24. The zero-order chi connectivity index (χ0) is 14.9. The summed E-state index contributed by atoms with van der Waals surface area (Å²) in [5.41, 5.74) is 4.83. The molecule has 3 N–H and O–H groups in total. The second-order valence-corrected chi connectivity index (χ2v) is 6.21. The molecule has 1 heterocycles. The Morgan fingerprint density at radius 3 is 2.60 bits per heavy atom. The van der Waals surface area contributed by atoms with Crippen LogP contribution in [0.1, 0.15) is 6.42 Å². The van der Waals surface area contributed by atoms with E-state index in [1.165, 1.54) is 0 Å². The minimum Gasteiger partial charge on any atom is -0.396 e. The minimum atomic E-state index is -4.16. The minimum absolute atomic E-state index is 0.0163. The van der Waals surface area contributed by atoms with Crippen LogP contribution in [0.15, 0.2) is 17.0 Å². The van der Waals surface area contributed by atoms with Crippen LogP contribution in [0.5, 0.6) is 0 Å². The van der Waals surface area contributed by atoms with Gasteiger partial charge in [0.1, 0.15) is 16.5 Å². The molecule has 0 radical (unpaired) electrons. The molecule has 9 heteroatoms. The lowest BCUT2D eigenvalue weighted by Crippen LogP contribution is -2.34. The lowest BCUT2D eigenvalue weighted by molar-refractivity contribution is -0.120. The molecule has 1 aliphatic heterocycles. The van der Waals surface area contributed by atoms with Crippen LogP contribution in [0.25, 0.3) is 0 Å². The van der Waals surface area contributed by atoms with E-state index >= 15 is 0 Å². The first-order valence-electron chi connectivity index (χ1n) is 5.84. The van der Waals surface area contributed by atoms with Crippen molar-refractivity contribution in [3.63, 3.8) is 0 Å². The third-order valence-electron chi connectivity index (χ3n) is 2.94. The number of rotatable bonds is 2. The van der Waals surface area contributed by atoms with E-state index < -0.39 is 32.2 Å². The van der Waals surface area contributed by atoms with Gasteiger partial charge in [-0.2, -0.15) is 4.31 Å². The van der Waals surface area contributed by atoms with E-state index in [0.29, 0.717) is 6.07 Å². The van der Waals surface area contributed by atoms with E-state index in [2.05, 4.69) is 5.32 Å². The molecule has 1 saturated heterocycles. The molecule has 110 valence electrons. The number of benzene rings is 1. The second kappa shape index (κ2) is 5.33. The Morgan fingerprint density at radius 1 is 1.20 bits per heavy atom. The van der Waals surface area contributed by atoms with Crippen molar-refractivity contribution in [2.75, 3.05) is 25.4 Å². The number of halogens is 2. The normalized spacial score (nSPS) is 17.6. The number of hydrogen-bond donors (Lipinski definition) is 2. The molecule has 0 atom stereocenters. The monoisotopic (exact) mass is 305 g/mol. The van der Waals surface area contributed by atoms with Crippen LogP contribution >= 0.6 is 0 Å². The summed E-state index contributed by atoms with van der Waals surface area (Å²) in [6, 6.07) is 1.18. The quantitative estimate of drug-likeness (QED) is 0.756. The molecule has 1 aromatic carbocycles. The summed E-state index contributed by atoms with van der Waals surface area (Å²) in [7, 11) is -4.16. The van der Waals surface area contributed by atoms with Crippen molar-refractivity contribution in [3.05, 3.63) is 23.8 Å². The predicted molar refractivity (Wildman–Crippen MR) is 67.2 cm³/mol. The fourth-order valence-corrected chi connectivity index (χ4v) is 3.39. The summed E-state index contributed by atoms with van der Waals surface area (Å²) in [5, 5.41) is 2.51. The summed E-state index contributed by atoms with van der Waals surface area (Å²) >= 11 is 0. The van der Waals surface area contributed by atoms with Gasteiger partial charge in [0.25, 0.3) is 0 Å². The molecule has 0 bridgehead atoms. The Labute approximate surface area is 114 Å². The molecule has 0 aliphatic carbocycles. The SMILES string of the molecule is Nc1cc(S(=O)(=O)N2CCNC(=O)CC2)c(F)cc1F. The van der Waals surface area contributed by atoms with Gasteiger partial charge in [0.15, 0.2) is 0 Å². The number of nitrogens with one attached hydrogen (secondary N) is 1. The number of anilines is 1. The summed E-state index contributed by atoms with van der Waals surface area (Å²) in [4.78, 5) is 10.5. The van der Waals surface area contributed by atoms with Gasteiger partial charge >= 0.3 is 0 Å². The van der Waals surface area contributed by atoms with Crippen molar-refractivity contribution in [1.29, 1.82) is 0 Å². The molecule has 1 amide bonds. The Bertz CT molecular complexity index is 649. The molecule has 20 heavy (non-hydrogen) atoms. The molecule has 0 saturated carbocycles. The number of sulfonamides is 1. The lowest BCUT2D eigenvalue weighted by Gasteiger charge is -2.19. The first-order valence-corrected chi connectivity index (χ1v) is 7.28. The van der Waals surface area contributed by atoms with Gasteiger partial charge in [-0.15, -0.1) is 0 Å². The van der Waals surface area contributed by atoms with Crippen LogP contribution < -0.4 is 11.1 Å². The molecule has 1 fully saturated rings. The third-order valence-corrected chi connectivity index (χ3v) is 4.85. The largest absolute Gasteiger partial charge is 0.396 e. The average Bonchev–Trinajstić information content (AvgIpc) is 2.59. The van der Waals surface area contributed by atoms with Crippen molar-refractivity contribution in [3.8, 4) is 0 Å². The van der Waals surface area contributed by atoms with Crippen molar-refractivity contribution in [2.45, 2.75) is 11.3 Å². The fraction of sp³-hybridized carbons (Fsp3) is 0.364. The highest BCUT2D eigenvalue weighted by Gasteiger charge is 2.30. The summed E-state index contributed by atoms with van der Waals surface area (Å²) in [6.45, 7) is 0.0893. The van der Waals surface area contributed by atoms with Crippen molar-refractivity contribution in [2.24, 2.45) is 0 Å². The van der Waals surface area contributed by atoms with E-state index in [4.69, 9.17) is 5.73 Å². The average molecular weight is 305 g/mol. The van der Waals surface area contributed by atoms with Crippen LogP contribution in [0.3, 0.4) is 0 Å². The Hall–Kier alpha value is -1.74. The van der Waals surface area contributed by atoms with Crippen molar-refractivity contribution < 1.29 is 22.0 Å². The highest BCUT2D eigenvalue weighted by atomic mass is 32.2. The molecule has 0 unspecified atom stereocenters. The first-order chi connectivity index (χ1) is 9.32. The number of amides is 1. The zero-order valence-electron chi connectivity index (χ0n) is 10.4. The van der Waals surface area contributed by atoms with E-state index in [1.54, 1.807) is 0 Å². The van der Waals surface area contributed by atoms with Gasteiger partial charge in [0.05, 0.1) is 5.69 Å². The Kier molecular flexibility index (Phi) is 3.91. The highest BCUT2D eigenvalue weighted by molar-refractivity contribution is 7.89. The molecule has 0 spiro atoms. The number of nitrogen functional groups attached to an aromatic ring is 1. The van der Waals surface area contributed by atoms with Crippen LogP contribution in [0.4, 0.5) is 14.5 Å². The van der Waals surface area contributed by atoms with E-state index in [9.17, 15) is 22.0 Å². The summed E-state index contributed by atoms with van der Waals surface area (Å²) in [6.07, 6.45) is -0.0163. The molecule has 0 aromatic heterocycles. The summed E-state index contributed by atoms with van der Waals surface area (Å²) in [5.74, 6) is -2.50. The zero-order valence-corrected chi connectivity index (χ0v) is 11.2. The van der Waals surface area contributed by atoms with Gasteiger partial charge in [-0.25, -0.2) is 17.2 Å². The maximum Gasteiger partial charge on any atom is 0.246 e. The molecular weight excluding hydrogens is 292 g/mol. The number of nitrogens with two attached hydrogens (primary N) is 1. The maximum absolute atomic E-state index is 13.7. The molecular formula is C11H13F2N3O3S. The molecule has 1 aromatic rings. The number of nitrogens with zero attached hydrogens (tertiary/aromatic N) is 1. The smallest absolute Gasteiger partial charge is 0.246 e. The standard InChI is InChI=1S/C11H13F2N3O3S/c12-7-5-8(13)10(6-9(7)14)20(18,19)16-3-1-11(17)15-2-4-16/h5-6H,1-4,14H2,(H,15,17). The number of carbonyl (C=O) groups is 1. The Balaban J connectivity index is 2.39. The lowest BCUT2D eigenvalue weighted by atomic mass is 10.3. The van der Waals surface area contributed by atoms with Crippen LogP contribution in [0.2, 0.25) is 0 Å². The van der Waals surface area contributed by atoms with E-state index in [0.717, 1.165) is 10.4 Å². The molecule has 6 nitrogen and oxygen atoms in total. The van der Waals surface area contributed by atoms with Gasteiger partial charge < -0.3 is 11.1 Å². The van der Waals surface area contributed by atoms with Crippen LogP contribution in [-0.2, 0) is 14.8 Å². The number of hydrogen-bond acceptors (Lipinski definition) is 4.